The maximum absolute atomic E-state index is 12.3. The maximum Gasteiger partial charge on any atom is 0.317 e. The summed E-state index contributed by atoms with van der Waals surface area (Å²) in [6.45, 7) is 5.99. The van der Waals surface area contributed by atoms with Gasteiger partial charge in [0.1, 0.15) is 0 Å². The van der Waals surface area contributed by atoms with Crippen LogP contribution in [0.25, 0.3) is 0 Å². The van der Waals surface area contributed by atoms with Gasteiger partial charge in [-0.1, -0.05) is 30.7 Å². The Hall–Kier alpha value is -1.30. The van der Waals surface area contributed by atoms with Gasteiger partial charge in [0.05, 0.1) is 18.6 Å². The number of carboxylic acids is 1. The van der Waals surface area contributed by atoms with Gasteiger partial charge in [-0.2, -0.15) is 0 Å². The second-order valence-corrected chi connectivity index (χ2v) is 5.76. The Kier molecular flexibility index (Phi) is 9.88. The van der Waals surface area contributed by atoms with Crippen LogP contribution in [0.3, 0.4) is 0 Å². The summed E-state index contributed by atoms with van der Waals surface area (Å²) >= 11 is 5.85. The van der Waals surface area contributed by atoms with Crippen LogP contribution in [-0.2, 0) is 9.59 Å². The topological polar surface area (TPSA) is 69.6 Å². The van der Waals surface area contributed by atoms with E-state index in [0.29, 0.717) is 11.6 Å². The summed E-state index contributed by atoms with van der Waals surface area (Å²) < 4.78 is 0. The Morgan fingerprint density at radius 2 is 1.83 bits per heavy atom. The molecule has 0 fully saturated rings. The molecule has 130 valence electrons. The van der Waals surface area contributed by atoms with Crippen LogP contribution >= 0.6 is 24.0 Å². The molecule has 0 aromatic heterocycles. The first-order valence-corrected chi connectivity index (χ1v) is 7.74. The minimum absolute atomic E-state index is 0. The van der Waals surface area contributed by atoms with Gasteiger partial charge in [-0.15, -0.1) is 12.4 Å². The largest absolute Gasteiger partial charge is 0.480 e. The molecule has 0 saturated heterocycles. The summed E-state index contributed by atoms with van der Waals surface area (Å²) in [6.07, 6.45) is 0.789. The lowest BCUT2D eigenvalue weighted by molar-refractivity contribution is -0.139. The van der Waals surface area contributed by atoms with E-state index in [1.165, 1.54) is 0 Å². The number of hydrogen-bond acceptors (Lipinski definition) is 3. The zero-order valence-corrected chi connectivity index (χ0v) is 15.2. The van der Waals surface area contributed by atoms with E-state index >= 15 is 0 Å². The molecule has 5 nitrogen and oxygen atoms in total. The van der Waals surface area contributed by atoms with Crippen molar-refractivity contribution >= 4 is 35.9 Å². The van der Waals surface area contributed by atoms with Gasteiger partial charge in [-0.3, -0.25) is 14.5 Å². The van der Waals surface area contributed by atoms with E-state index in [-0.39, 0.29) is 30.9 Å². The van der Waals surface area contributed by atoms with Crippen molar-refractivity contribution in [2.45, 2.75) is 39.3 Å². The Morgan fingerprint density at radius 3 is 2.30 bits per heavy atom. The number of carboxylic acid groups (broad SMARTS) is 1. The second kappa shape index (κ2) is 10.5. The molecule has 0 saturated carbocycles. The molecule has 2 unspecified atom stereocenters. The van der Waals surface area contributed by atoms with E-state index in [0.717, 1.165) is 12.0 Å². The average Bonchev–Trinajstić information content (AvgIpc) is 2.46. The molecule has 2 N–H and O–H groups in total. The van der Waals surface area contributed by atoms with Gasteiger partial charge in [-0.25, -0.2) is 0 Å². The number of hydrogen-bond donors (Lipinski definition) is 2. The molecule has 0 bridgehead atoms. The summed E-state index contributed by atoms with van der Waals surface area (Å²) in [5, 5.41) is 12.5. The molecule has 0 radical (unpaired) electrons. The fourth-order valence-electron chi connectivity index (χ4n) is 2.21. The molecular formula is C16H24Cl2N2O3. The number of amides is 1. The highest BCUT2D eigenvalue weighted by atomic mass is 35.5. The Balaban J connectivity index is 0.00000484. The number of nitrogens with zero attached hydrogens (tertiary/aromatic N) is 1. The van der Waals surface area contributed by atoms with Gasteiger partial charge in [0.15, 0.2) is 0 Å². The molecule has 0 aliphatic rings. The third-order valence-corrected chi connectivity index (χ3v) is 3.76. The second-order valence-electron chi connectivity index (χ2n) is 5.32. The van der Waals surface area contributed by atoms with Crippen LogP contribution in [0.5, 0.6) is 0 Å². The fraction of sp³-hybridized carbons (Fsp3) is 0.500. The van der Waals surface area contributed by atoms with Crippen LogP contribution < -0.4 is 5.32 Å². The van der Waals surface area contributed by atoms with Crippen LogP contribution in [0.15, 0.2) is 24.3 Å². The van der Waals surface area contributed by atoms with E-state index in [1.54, 1.807) is 24.0 Å². The fourth-order valence-corrected chi connectivity index (χ4v) is 2.33. The number of halogens is 2. The highest BCUT2D eigenvalue weighted by molar-refractivity contribution is 6.30. The van der Waals surface area contributed by atoms with Crippen molar-refractivity contribution in [3.05, 3.63) is 34.9 Å². The first kappa shape index (κ1) is 21.7. The Morgan fingerprint density at radius 1 is 1.26 bits per heavy atom. The highest BCUT2D eigenvalue weighted by Gasteiger charge is 2.23. The molecule has 0 aliphatic carbocycles. The molecule has 0 spiro atoms. The lowest BCUT2D eigenvalue weighted by atomic mass is 10.1. The number of rotatable bonds is 8. The monoisotopic (exact) mass is 362 g/mol. The normalized spacial score (nSPS) is 13.1. The van der Waals surface area contributed by atoms with Crippen LogP contribution in [0.4, 0.5) is 0 Å². The number of benzene rings is 1. The maximum atomic E-state index is 12.3. The molecule has 0 aliphatic heterocycles. The van der Waals surface area contributed by atoms with Gasteiger partial charge < -0.3 is 10.4 Å². The van der Waals surface area contributed by atoms with Crippen molar-refractivity contribution < 1.29 is 14.7 Å². The van der Waals surface area contributed by atoms with Crippen LogP contribution in [0, 0.1) is 0 Å². The summed E-state index contributed by atoms with van der Waals surface area (Å²) in [4.78, 5) is 24.9. The van der Waals surface area contributed by atoms with E-state index in [1.807, 2.05) is 26.0 Å². The molecule has 2 atom stereocenters. The average molecular weight is 363 g/mol. The molecule has 0 heterocycles. The van der Waals surface area contributed by atoms with Gasteiger partial charge in [-0.05, 0) is 44.5 Å². The zero-order chi connectivity index (χ0) is 16.7. The summed E-state index contributed by atoms with van der Waals surface area (Å²) in [5.74, 6) is -1.11. The van der Waals surface area contributed by atoms with Crippen molar-refractivity contribution in [3.63, 3.8) is 0 Å². The number of carbonyl (C=O) groups excluding carboxylic acids is 1. The summed E-state index contributed by atoms with van der Waals surface area (Å²) in [7, 11) is 0. The quantitative estimate of drug-likeness (QED) is 0.745. The van der Waals surface area contributed by atoms with E-state index in [4.69, 9.17) is 16.7 Å². The van der Waals surface area contributed by atoms with E-state index < -0.39 is 12.0 Å². The van der Waals surface area contributed by atoms with Gasteiger partial charge in [0, 0.05) is 5.02 Å². The van der Waals surface area contributed by atoms with E-state index in [2.05, 4.69) is 5.32 Å². The zero-order valence-electron chi connectivity index (χ0n) is 13.6. The van der Waals surface area contributed by atoms with Crippen molar-refractivity contribution in [3.8, 4) is 0 Å². The molecule has 7 heteroatoms. The van der Waals surface area contributed by atoms with Gasteiger partial charge in [0.25, 0.3) is 0 Å². The van der Waals surface area contributed by atoms with Gasteiger partial charge >= 0.3 is 5.97 Å². The minimum Gasteiger partial charge on any atom is -0.480 e. The molecule has 1 aromatic carbocycles. The predicted molar refractivity (Wildman–Crippen MR) is 94.2 cm³/mol. The van der Waals surface area contributed by atoms with Crippen LogP contribution in [0.1, 0.15) is 38.8 Å². The third kappa shape index (κ3) is 7.20. The van der Waals surface area contributed by atoms with Crippen molar-refractivity contribution in [1.29, 1.82) is 0 Å². The lowest BCUT2D eigenvalue weighted by Crippen LogP contribution is -2.47. The Bertz CT molecular complexity index is 509. The standard InChI is InChI=1S/C16H23ClN2O3.ClH/c1-4-9-19(10-15(20)21)12(3)16(22)18-11(2)13-5-7-14(17)8-6-13;/h5-8,11-12H,4,9-10H2,1-3H3,(H,18,22)(H,20,21);1H. The van der Waals surface area contributed by atoms with Crippen molar-refractivity contribution in [2.75, 3.05) is 13.1 Å². The number of carbonyl (C=O) groups is 2. The third-order valence-electron chi connectivity index (χ3n) is 3.51. The summed E-state index contributed by atoms with van der Waals surface area (Å²) in [6, 6.07) is 6.61. The van der Waals surface area contributed by atoms with Crippen molar-refractivity contribution in [1.82, 2.24) is 10.2 Å². The van der Waals surface area contributed by atoms with E-state index in [9.17, 15) is 9.59 Å². The van der Waals surface area contributed by atoms with Crippen LogP contribution in [-0.4, -0.2) is 41.0 Å². The number of nitrogens with one attached hydrogen (secondary N) is 1. The van der Waals surface area contributed by atoms with Crippen molar-refractivity contribution in [2.24, 2.45) is 0 Å². The lowest BCUT2D eigenvalue weighted by Gasteiger charge is -2.27. The highest BCUT2D eigenvalue weighted by Crippen LogP contribution is 2.16. The first-order valence-electron chi connectivity index (χ1n) is 7.36. The molecule has 23 heavy (non-hydrogen) atoms. The predicted octanol–water partition coefficient (Wildman–Crippen LogP) is 3.12. The first-order chi connectivity index (χ1) is 10.3. The van der Waals surface area contributed by atoms with Crippen LogP contribution in [0.2, 0.25) is 5.02 Å². The summed E-state index contributed by atoms with van der Waals surface area (Å²) in [5.41, 5.74) is 0.949. The molecule has 1 aromatic rings. The molecule has 1 amide bonds. The molecular weight excluding hydrogens is 339 g/mol. The van der Waals surface area contributed by atoms with Gasteiger partial charge in [0.2, 0.25) is 5.91 Å². The number of aliphatic carboxylic acids is 1. The minimum atomic E-state index is -0.932. The smallest absolute Gasteiger partial charge is 0.317 e. The SMILES string of the molecule is CCCN(CC(=O)O)C(C)C(=O)NC(C)c1ccc(Cl)cc1.Cl. The Labute approximate surface area is 148 Å². The molecule has 1 rings (SSSR count).